The van der Waals surface area contributed by atoms with Crippen LogP contribution in [-0.4, -0.2) is 51.8 Å². The molecular formula is C23H30F3N5O. The number of rotatable bonds is 4. The van der Waals surface area contributed by atoms with Crippen LogP contribution >= 0.6 is 0 Å². The Kier molecular flexibility index (Phi) is 5.44. The Balaban J connectivity index is 1.37. The lowest BCUT2D eigenvalue weighted by Crippen LogP contribution is -2.36. The van der Waals surface area contributed by atoms with Crippen LogP contribution in [0.15, 0.2) is 18.5 Å². The molecule has 5 rings (SSSR count). The third-order valence-electron chi connectivity index (χ3n) is 7.27. The lowest BCUT2D eigenvalue weighted by Gasteiger charge is -2.29. The molecule has 2 aromatic rings. The van der Waals surface area contributed by atoms with Crippen LogP contribution in [0.1, 0.15) is 56.5 Å². The van der Waals surface area contributed by atoms with Gasteiger partial charge in [-0.2, -0.15) is 13.2 Å². The second kappa shape index (κ2) is 8.02. The van der Waals surface area contributed by atoms with Crippen molar-refractivity contribution < 1.29 is 17.9 Å². The maximum atomic E-state index is 13.3. The average Bonchev–Trinajstić information content (AvgIpc) is 3.06. The number of imidazole rings is 1. The first kappa shape index (κ1) is 21.7. The standard InChI is InChI=1S/C23H30F3N5O/c1-13(2)22-29-19(14-8-18(23(24,25)26)21(27)28-11-14)12-31(22)20-16-9-15(10-17(16)20)30-4-3-6-32-7-5-30/h8,11-13,15-17,20H,3-7,9-10H2,1-2H3,(H2,27,28)/t15?,16-,17+,20?. The van der Waals surface area contributed by atoms with Gasteiger partial charge in [-0.05, 0) is 37.2 Å². The highest BCUT2D eigenvalue weighted by Gasteiger charge is 2.58. The molecule has 174 valence electrons. The van der Waals surface area contributed by atoms with Crippen LogP contribution in [0.25, 0.3) is 11.3 Å². The molecule has 3 heterocycles. The van der Waals surface area contributed by atoms with E-state index in [0.29, 0.717) is 35.2 Å². The smallest absolute Gasteiger partial charge is 0.383 e. The van der Waals surface area contributed by atoms with Gasteiger partial charge in [0.05, 0.1) is 17.9 Å². The van der Waals surface area contributed by atoms with E-state index in [-0.39, 0.29) is 5.92 Å². The Morgan fingerprint density at radius 2 is 1.91 bits per heavy atom. The minimum Gasteiger partial charge on any atom is -0.383 e. The molecule has 2 N–H and O–H groups in total. The van der Waals surface area contributed by atoms with Gasteiger partial charge in [0, 0.05) is 55.7 Å². The minimum absolute atomic E-state index is 0.174. The van der Waals surface area contributed by atoms with Gasteiger partial charge in [0.1, 0.15) is 11.6 Å². The summed E-state index contributed by atoms with van der Waals surface area (Å²) >= 11 is 0. The van der Waals surface area contributed by atoms with Crippen LogP contribution in [0.4, 0.5) is 19.0 Å². The number of nitrogen functional groups attached to an aromatic ring is 1. The van der Waals surface area contributed by atoms with Crippen molar-refractivity contribution in [1.29, 1.82) is 0 Å². The van der Waals surface area contributed by atoms with E-state index in [9.17, 15) is 13.2 Å². The molecule has 2 aliphatic carbocycles. The summed E-state index contributed by atoms with van der Waals surface area (Å²) in [5.41, 5.74) is 5.43. The summed E-state index contributed by atoms with van der Waals surface area (Å²) < 4.78 is 47.8. The van der Waals surface area contributed by atoms with Gasteiger partial charge < -0.3 is 15.0 Å². The van der Waals surface area contributed by atoms with Gasteiger partial charge in [0.25, 0.3) is 0 Å². The van der Waals surface area contributed by atoms with E-state index in [2.05, 4.69) is 28.3 Å². The number of nitrogens with zero attached hydrogens (tertiary/aromatic N) is 4. The number of fused-ring (bicyclic) bond motifs is 1. The second-order valence-corrected chi connectivity index (χ2v) is 9.65. The van der Waals surface area contributed by atoms with Crippen molar-refractivity contribution in [2.24, 2.45) is 11.8 Å². The number of hydrogen-bond donors (Lipinski definition) is 1. The third-order valence-corrected chi connectivity index (χ3v) is 7.27. The number of ether oxygens (including phenoxy) is 1. The minimum atomic E-state index is -4.54. The fourth-order valence-electron chi connectivity index (χ4n) is 5.67. The highest BCUT2D eigenvalue weighted by atomic mass is 19.4. The number of nitrogens with two attached hydrogens (primary N) is 1. The molecule has 3 aliphatic rings. The van der Waals surface area contributed by atoms with Crippen LogP contribution in [0.3, 0.4) is 0 Å². The number of anilines is 1. The van der Waals surface area contributed by atoms with E-state index in [1.54, 1.807) is 0 Å². The van der Waals surface area contributed by atoms with Crippen molar-refractivity contribution in [1.82, 2.24) is 19.4 Å². The molecule has 0 spiro atoms. The van der Waals surface area contributed by atoms with Crippen molar-refractivity contribution in [3.63, 3.8) is 0 Å². The summed E-state index contributed by atoms with van der Waals surface area (Å²) in [6, 6.07) is 2.06. The molecule has 0 radical (unpaired) electrons. The predicted octanol–water partition coefficient (Wildman–Crippen LogP) is 4.34. The van der Waals surface area contributed by atoms with E-state index in [0.717, 1.165) is 44.6 Å². The molecule has 0 amide bonds. The van der Waals surface area contributed by atoms with Crippen molar-refractivity contribution >= 4 is 5.82 Å². The number of alkyl halides is 3. The summed E-state index contributed by atoms with van der Waals surface area (Å²) in [7, 11) is 0. The molecule has 1 saturated heterocycles. The molecule has 2 saturated carbocycles. The van der Waals surface area contributed by atoms with E-state index in [4.69, 9.17) is 15.5 Å². The van der Waals surface area contributed by atoms with E-state index in [1.807, 2.05) is 6.20 Å². The molecule has 2 aromatic heterocycles. The molecule has 0 bridgehead atoms. The zero-order valence-electron chi connectivity index (χ0n) is 18.5. The van der Waals surface area contributed by atoms with Crippen LogP contribution in [0.2, 0.25) is 0 Å². The summed E-state index contributed by atoms with van der Waals surface area (Å²) in [6.45, 7) is 7.92. The topological polar surface area (TPSA) is 69.2 Å². The molecule has 4 atom stereocenters. The van der Waals surface area contributed by atoms with Crippen LogP contribution in [0.5, 0.6) is 0 Å². The lowest BCUT2D eigenvalue weighted by molar-refractivity contribution is -0.137. The monoisotopic (exact) mass is 449 g/mol. The fraction of sp³-hybridized carbons (Fsp3) is 0.652. The molecular weight excluding hydrogens is 419 g/mol. The Labute approximate surface area is 186 Å². The maximum absolute atomic E-state index is 13.3. The first-order chi connectivity index (χ1) is 15.2. The number of pyridine rings is 1. The van der Waals surface area contributed by atoms with Crippen molar-refractivity contribution in [2.45, 2.75) is 57.3 Å². The van der Waals surface area contributed by atoms with E-state index in [1.165, 1.54) is 19.0 Å². The predicted molar refractivity (Wildman–Crippen MR) is 115 cm³/mol. The summed E-state index contributed by atoms with van der Waals surface area (Å²) in [5, 5.41) is 0. The zero-order valence-corrected chi connectivity index (χ0v) is 18.5. The van der Waals surface area contributed by atoms with E-state index < -0.39 is 17.6 Å². The van der Waals surface area contributed by atoms with Gasteiger partial charge in [-0.3, -0.25) is 4.90 Å². The molecule has 9 heteroatoms. The Morgan fingerprint density at radius 3 is 2.59 bits per heavy atom. The highest BCUT2D eigenvalue weighted by Crippen LogP contribution is 2.62. The molecule has 2 unspecified atom stereocenters. The quantitative estimate of drug-likeness (QED) is 0.752. The molecule has 32 heavy (non-hydrogen) atoms. The number of halogens is 3. The van der Waals surface area contributed by atoms with Gasteiger partial charge in [0.15, 0.2) is 0 Å². The number of hydrogen-bond acceptors (Lipinski definition) is 5. The SMILES string of the molecule is CC(C)c1nc(-c2cnc(N)c(C(F)(F)F)c2)cn1C1[C@H]2CC(N3CCCOCC3)C[C@@H]12. The third kappa shape index (κ3) is 3.90. The zero-order chi connectivity index (χ0) is 22.6. The Morgan fingerprint density at radius 1 is 1.16 bits per heavy atom. The van der Waals surface area contributed by atoms with Gasteiger partial charge in [-0.15, -0.1) is 0 Å². The Bertz CT molecular complexity index is 968. The van der Waals surface area contributed by atoms with Gasteiger partial charge >= 0.3 is 6.18 Å². The van der Waals surface area contributed by atoms with Gasteiger partial charge in [0.2, 0.25) is 0 Å². The summed E-state index contributed by atoms with van der Waals surface area (Å²) in [4.78, 5) is 11.1. The average molecular weight is 450 g/mol. The number of aromatic nitrogens is 3. The van der Waals surface area contributed by atoms with E-state index >= 15 is 0 Å². The first-order valence-electron chi connectivity index (χ1n) is 11.5. The summed E-state index contributed by atoms with van der Waals surface area (Å²) in [5.74, 6) is 1.81. The maximum Gasteiger partial charge on any atom is 0.419 e. The largest absolute Gasteiger partial charge is 0.419 e. The fourth-order valence-corrected chi connectivity index (χ4v) is 5.67. The van der Waals surface area contributed by atoms with Crippen LogP contribution < -0.4 is 5.73 Å². The van der Waals surface area contributed by atoms with Gasteiger partial charge in [-0.1, -0.05) is 13.8 Å². The lowest BCUT2D eigenvalue weighted by atomic mass is 10.1. The molecule has 0 aromatic carbocycles. The first-order valence-corrected chi connectivity index (χ1v) is 11.5. The van der Waals surface area contributed by atoms with Crippen LogP contribution in [-0.2, 0) is 10.9 Å². The highest BCUT2D eigenvalue weighted by molar-refractivity contribution is 5.62. The van der Waals surface area contributed by atoms with Crippen molar-refractivity contribution in [2.75, 3.05) is 32.0 Å². The normalized spacial score (nSPS) is 28.7. The van der Waals surface area contributed by atoms with Gasteiger partial charge in [-0.25, -0.2) is 9.97 Å². The second-order valence-electron chi connectivity index (χ2n) is 9.65. The van der Waals surface area contributed by atoms with Crippen molar-refractivity contribution in [3.05, 3.63) is 29.8 Å². The molecule has 3 fully saturated rings. The summed E-state index contributed by atoms with van der Waals surface area (Å²) in [6.07, 6.45) is 2.18. The molecule has 1 aliphatic heterocycles. The van der Waals surface area contributed by atoms with Crippen LogP contribution in [0, 0.1) is 11.8 Å². The molecule has 6 nitrogen and oxygen atoms in total. The Hall–Kier alpha value is -2.13. The van der Waals surface area contributed by atoms with Crippen molar-refractivity contribution in [3.8, 4) is 11.3 Å².